The van der Waals surface area contributed by atoms with Gasteiger partial charge < -0.3 is 4.90 Å². The first-order chi connectivity index (χ1) is 9.23. The van der Waals surface area contributed by atoms with Crippen molar-refractivity contribution in [3.8, 4) is 0 Å². The van der Waals surface area contributed by atoms with Crippen molar-refractivity contribution in [2.45, 2.75) is 46.1 Å². The van der Waals surface area contributed by atoms with Crippen molar-refractivity contribution >= 4 is 0 Å². The molecule has 0 spiro atoms. The molecule has 3 N–H and O–H groups in total. The van der Waals surface area contributed by atoms with Crippen LogP contribution in [0, 0.1) is 0 Å². The molecule has 0 aliphatic rings. The SMILES string of the molecule is CCc1ccc(CC(CCN(CC)CC)NN)cc1. The fraction of sp³-hybridized carbons (Fsp3) is 0.625. The standard InChI is InChI=1S/C16H29N3/c1-4-14-7-9-15(10-8-14)13-16(18-17)11-12-19(5-2)6-3/h7-10,16,18H,4-6,11-13,17H2,1-3H3. The van der Waals surface area contributed by atoms with Crippen LogP contribution in [0.25, 0.3) is 0 Å². The summed E-state index contributed by atoms with van der Waals surface area (Å²) in [4.78, 5) is 2.44. The summed E-state index contributed by atoms with van der Waals surface area (Å²) in [6.07, 6.45) is 3.19. The molecule has 1 atom stereocenters. The summed E-state index contributed by atoms with van der Waals surface area (Å²) in [6, 6.07) is 9.23. The van der Waals surface area contributed by atoms with Crippen molar-refractivity contribution in [1.82, 2.24) is 10.3 Å². The lowest BCUT2D eigenvalue weighted by molar-refractivity contribution is 0.281. The van der Waals surface area contributed by atoms with E-state index in [-0.39, 0.29) is 0 Å². The Balaban J connectivity index is 2.46. The number of hydrazine groups is 1. The molecule has 3 nitrogen and oxygen atoms in total. The Morgan fingerprint density at radius 2 is 1.63 bits per heavy atom. The molecule has 1 aromatic carbocycles. The summed E-state index contributed by atoms with van der Waals surface area (Å²) in [7, 11) is 0. The molecule has 1 aromatic rings. The highest BCUT2D eigenvalue weighted by Gasteiger charge is 2.09. The zero-order valence-electron chi connectivity index (χ0n) is 12.7. The molecule has 0 heterocycles. The number of aryl methyl sites for hydroxylation is 1. The highest BCUT2D eigenvalue weighted by atomic mass is 15.2. The predicted octanol–water partition coefficient (Wildman–Crippen LogP) is 2.36. The number of nitrogens with two attached hydrogens (primary N) is 1. The van der Waals surface area contributed by atoms with Crippen LogP contribution >= 0.6 is 0 Å². The van der Waals surface area contributed by atoms with E-state index in [9.17, 15) is 0 Å². The first kappa shape index (κ1) is 16.2. The lowest BCUT2D eigenvalue weighted by Gasteiger charge is -2.22. The average molecular weight is 263 g/mol. The molecular weight excluding hydrogens is 234 g/mol. The molecule has 0 amide bonds. The lowest BCUT2D eigenvalue weighted by atomic mass is 10.0. The molecule has 1 unspecified atom stereocenters. The fourth-order valence-electron chi connectivity index (χ4n) is 2.32. The van der Waals surface area contributed by atoms with E-state index in [1.54, 1.807) is 0 Å². The van der Waals surface area contributed by atoms with Crippen LogP contribution < -0.4 is 11.3 Å². The normalized spacial score (nSPS) is 12.9. The summed E-state index contributed by atoms with van der Waals surface area (Å²) >= 11 is 0. The largest absolute Gasteiger partial charge is 0.304 e. The van der Waals surface area contributed by atoms with E-state index in [1.807, 2.05) is 0 Å². The van der Waals surface area contributed by atoms with E-state index >= 15 is 0 Å². The monoisotopic (exact) mass is 263 g/mol. The van der Waals surface area contributed by atoms with E-state index < -0.39 is 0 Å². The summed E-state index contributed by atoms with van der Waals surface area (Å²) in [5.41, 5.74) is 5.71. The van der Waals surface area contributed by atoms with Gasteiger partial charge >= 0.3 is 0 Å². The van der Waals surface area contributed by atoms with Crippen molar-refractivity contribution in [3.63, 3.8) is 0 Å². The maximum atomic E-state index is 5.68. The third kappa shape index (κ3) is 5.72. The number of nitrogens with zero attached hydrogens (tertiary/aromatic N) is 1. The molecular formula is C16H29N3. The quantitative estimate of drug-likeness (QED) is 0.531. The van der Waals surface area contributed by atoms with E-state index in [2.05, 4.69) is 55.4 Å². The maximum absolute atomic E-state index is 5.68. The van der Waals surface area contributed by atoms with E-state index in [0.29, 0.717) is 6.04 Å². The Bertz CT molecular complexity index is 330. The molecule has 108 valence electrons. The Morgan fingerprint density at radius 1 is 1.05 bits per heavy atom. The van der Waals surface area contributed by atoms with Crippen LogP contribution in [-0.4, -0.2) is 30.6 Å². The summed E-state index contributed by atoms with van der Waals surface area (Å²) in [5, 5.41) is 0. The van der Waals surface area contributed by atoms with Gasteiger partial charge in [-0.05, 0) is 50.0 Å². The highest BCUT2D eigenvalue weighted by molar-refractivity contribution is 5.23. The number of nitrogens with one attached hydrogen (secondary N) is 1. The van der Waals surface area contributed by atoms with Crippen LogP contribution in [0.3, 0.4) is 0 Å². The smallest absolute Gasteiger partial charge is 0.0263 e. The second-order valence-electron chi connectivity index (χ2n) is 5.05. The number of rotatable bonds is 9. The Morgan fingerprint density at radius 3 is 2.11 bits per heavy atom. The topological polar surface area (TPSA) is 41.3 Å². The van der Waals surface area contributed by atoms with Crippen molar-refractivity contribution < 1.29 is 0 Å². The number of hydrogen-bond acceptors (Lipinski definition) is 3. The van der Waals surface area contributed by atoms with Crippen LogP contribution in [-0.2, 0) is 12.8 Å². The Labute approximate surface area is 118 Å². The number of hydrogen-bond donors (Lipinski definition) is 2. The zero-order chi connectivity index (χ0) is 14.1. The van der Waals surface area contributed by atoms with E-state index in [1.165, 1.54) is 11.1 Å². The molecule has 3 heteroatoms. The first-order valence-electron chi connectivity index (χ1n) is 7.49. The summed E-state index contributed by atoms with van der Waals surface area (Å²) in [5.74, 6) is 5.68. The predicted molar refractivity (Wildman–Crippen MR) is 83.0 cm³/mol. The molecule has 0 aromatic heterocycles. The van der Waals surface area contributed by atoms with E-state index in [4.69, 9.17) is 5.84 Å². The van der Waals surface area contributed by atoms with Crippen LogP contribution in [0.4, 0.5) is 0 Å². The minimum absolute atomic E-state index is 0.355. The maximum Gasteiger partial charge on any atom is 0.0263 e. The van der Waals surface area contributed by atoms with Gasteiger partial charge in [0.1, 0.15) is 0 Å². The molecule has 0 bridgehead atoms. The molecule has 0 saturated carbocycles. The first-order valence-corrected chi connectivity index (χ1v) is 7.49. The minimum Gasteiger partial charge on any atom is -0.304 e. The van der Waals surface area contributed by atoms with Crippen molar-refractivity contribution in [1.29, 1.82) is 0 Å². The molecule has 0 saturated heterocycles. The van der Waals surface area contributed by atoms with Crippen LogP contribution in [0.2, 0.25) is 0 Å². The van der Waals surface area contributed by atoms with Gasteiger partial charge in [-0.1, -0.05) is 45.0 Å². The lowest BCUT2D eigenvalue weighted by Crippen LogP contribution is -2.39. The van der Waals surface area contributed by atoms with Gasteiger partial charge in [0.15, 0.2) is 0 Å². The van der Waals surface area contributed by atoms with Gasteiger partial charge in [0, 0.05) is 6.04 Å². The highest BCUT2D eigenvalue weighted by Crippen LogP contribution is 2.09. The Kier molecular flexibility index (Phi) is 7.72. The summed E-state index contributed by atoms with van der Waals surface area (Å²) < 4.78 is 0. The second-order valence-corrected chi connectivity index (χ2v) is 5.05. The zero-order valence-corrected chi connectivity index (χ0v) is 12.7. The van der Waals surface area contributed by atoms with Crippen LogP contribution in [0.1, 0.15) is 38.3 Å². The molecule has 0 radical (unpaired) electrons. The summed E-state index contributed by atoms with van der Waals surface area (Å²) in [6.45, 7) is 9.92. The fourth-order valence-corrected chi connectivity index (χ4v) is 2.32. The number of benzene rings is 1. The van der Waals surface area contributed by atoms with Crippen LogP contribution in [0.5, 0.6) is 0 Å². The van der Waals surface area contributed by atoms with Crippen molar-refractivity contribution in [2.75, 3.05) is 19.6 Å². The van der Waals surface area contributed by atoms with Gasteiger partial charge in [-0.3, -0.25) is 11.3 Å². The third-order valence-electron chi connectivity index (χ3n) is 3.84. The minimum atomic E-state index is 0.355. The molecule has 0 aliphatic carbocycles. The van der Waals surface area contributed by atoms with Gasteiger partial charge in [-0.15, -0.1) is 0 Å². The van der Waals surface area contributed by atoms with Gasteiger partial charge in [0.2, 0.25) is 0 Å². The molecule has 0 aliphatic heterocycles. The molecule has 1 rings (SSSR count). The third-order valence-corrected chi connectivity index (χ3v) is 3.84. The van der Waals surface area contributed by atoms with Gasteiger partial charge in [0.05, 0.1) is 0 Å². The van der Waals surface area contributed by atoms with Crippen molar-refractivity contribution in [2.24, 2.45) is 5.84 Å². The van der Waals surface area contributed by atoms with E-state index in [0.717, 1.165) is 38.9 Å². The van der Waals surface area contributed by atoms with Crippen LogP contribution in [0.15, 0.2) is 24.3 Å². The van der Waals surface area contributed by atoms with Gasteiger partial charge in [-0.25, -0.2) is 0 Å². The molecule has 0 fully saturated rings. The Hall–Kier alpha value is -0.900. The molecule has 19 heavy (non-hydrogen) atoms. The average Bonchev–Trinajstić information content (AvgIpc) is 2.47. The van der Waals surface area contributed by atoms with Gasteiger partial charge in [0.25, 0.3) is 0 Å². The second kappa shape index (κ2) is 9.08. The van der Waals surface area contributed by atoms with Gasteiger partial charge in [-0.2, -0.15) is 0 Å². The van der Waals surface area contributed by atoms with Crippen molar-refractivity contribution in [3.05, 3.63) is 35.4 Å².